The van der Waals surface area contributed by atoms with Crippen molar-refractivity contribution < 1.29 is 4.74 Å². The third kappa shape index (κ3) is 2.28. The predicted molar refractivity (Wildman–Crippen MR) is 75.0 cm³/mol. The molecule has 0 saturated carbocycles. The van der Waals surface area contributed by atoms with E-state index in [-0.39, 0.29) is 5.28 Å². The Bertz CT molecular complexity index is 569. The number of ether oxygens (including phenoxy) is 1. The highest BCUT2D eigenvalue weighted by atomic mass is 35.5. The van der Waals surface area contributed by atoms with Crippen molar-refractivity contribution in [2.24, 2.45) is 0 Å². The van der Waals surface area contributed by atoms with E-state index in [1.165, 1.54) is 0 Å². The standard InChI is InChI=1S/C11H11Cl2N3OS/c12-6-7-5-8-9(18-7)10(15-11(13)14-8)16-1-3-17-4-2-16/h5H,1-4,6H2. The third-order valence-electron chi connectivity index (χ3n) is 2.82. The Balaban J connectivity index is 2.10. The summed E-state index contributed by atoms with van der Waals surface area (Å²) in [5, 5.41) is 0.280. The Kier molecular flexibility index (Phi) is 3.56. The molecule has 2 aromatic heterocycles. The number of morpholine rings is 1. The van der Waals surface area contributed by atoms with Gasteiger partial charge in [0.05, 0.1) is 29.3 Å². The molecule has 0 bridgehead atoms. The fourth-order valence-electron chi connectivity index (χ4n) is 1.99. The van der Waals surface area contributed by atoms with Gasteiger partial charge in [0.15, 0.2) is 5.82 Å². The van der Waals surface area contributed by atoms with Crippen molar-refractivity contribution in [1.29, 1.82) is 0 Å². The number of hydrogen-bond donors (Lipinski definition) is 0. The minimum atomic E-state index is 0.280. The zero-order valence-electron chi connectivity index (χ0n) is 9.53. The molecule has 0 atom stereocenters. The first-order valence-corrected chi connectivity index (χ1v) is 7.35. The Morgan fingerprint density at radius 3 is 2.83 bits per heavy atom. The summed E-state index contributed by atoms with van der Waals surface area (Å²) >= 11 is 13.5. The molecule has 0 unspecified atom stereocenters. The van der Waals surface area contributed by atoms with Crippen LogP contribution in [0, 0.1) is 0 Å². The van der Waals surface area contributed by atoms with Gasteiger partial charge in [-0.05, 0) is 17.7 Å². The van der Waals surface area contributed by atoms with Crippen molar-refractivity contribution in [3.63, 3.8) is 0 Å². The average Bonchev–Trinajstić information content (AvgIpc) is 2.81. The molecule has 0 spiro atoms. The lowest BCUT2D eigenvalue weighted by atomic mass is 10.3. The third-order valence-corrected chi connectivity index (χ3v) is 4.56. The minimum Gasteiger partial charge on any atom is -0.378 e. The summed E-state index contributed by atoms with van der Waals surface area (Å²) in [5.41, 5.74) is 0.872. The molecule has 4 nitrogen and oxygen atoms in total. The molecule has 3 heterocycles. The number of hydrogen-bond acceptors (Lipinski definition) is 5. The largest absolute Gasteiger partial charge is 0.378 e. The molecule has 3 rings (SSSR count). The molecular weight excluding hydrogens is 293 g/mol. The fraction of sp³-hybridized carbons (Fsp3) is 0.455. The van der Waals surface area contributed by atoms with Crippen LogP contribution >= 0.6 is 34.5 Å². The number of nitrogens with zero attached hydrogens (tertiary/aromatic N) is 3. The number of anilines is 1. The molecular formula is C11H11Cl2N3OS. The quantitative estimate of drug-likeness (QED) is 0.631. The van der Waals surface area contributed by atoms with E-state index in [1.54, 1.807) is 11.3 Å². The van der Waals surface area contributed by atoms with Crippen LogP contribution in [-0.4, -0.2) is 36.3 Å². The van der Waals surface area contributed by atoms with E-state index in [4.69, 9.17) is 27.9 Å². The molecule has 0 amide bonds. The van der Waals surface area contributed by atoms with Crippen LogP contribution < -0.4 is 4.90 Å². The fourth-order valence-corrected chi connectivity index (χ4v) is 3.37. The Labute approximate surface area is 118 Å². The first-order chi connectivity index (χ1) is 8.78. The zero-order valence-corrected chi connectivity index (χ0v) is 11.9. The molecule has 1 aliphatic rings. The molecule has 1 fully saturated rings. The molecule has 96 valence electrons. The zero-order chi connectivity index (χ0) is 12.5. The van der Waals surface area contributed by atoms with Crippen molar-refractivity contribution in [3.8, 4) is 0 Å². The predicted octanol–water partition coefficient (Wildman–Crippen LogP) is 2.92. The van der Waals surface area contributed by atoms with Gasteiger partial charge in [-0.3, -0.25) is 0 Å². The second kappa shape index (κ2) is 5.17. The van der Waals surface area contributed by atoms with E-state index >= 15 is 0 Å². The van der Waals surface area contributed by atoms with Gasteiger partial charge in [0.25, 0.3) is 0 Å². The van der Waals surface area contributed by atoms with Crippen LogP contribution in [0.1, 0.15) is 4.88 Å². The van der Waals surface area contributed by atoms with Crippen molar-refractivity contribution >= 4 is 50.6 Å². The van der Waals surface area contributed by atoms with Gasteiger partial charge >= 0.3 is 0 Å². The molecule has 0 radical (unpaired) electrons. The van der Waals surface area contributed by atoms with Gasteiger partial charge in [-0.1, -0.05) is 0 Å². The van der Waals surface area contributed by atoms with E-state index < -0.39 is 0 Å². The van der Waals surface area contributed by atoms with Crippen LogP contribution in [0.2, 0.25) is 5.28 Å². The number of aromatic nitrogens is 2. The van der Waals surface area contributed by atoms with Crippen LogP contribution in [0.3, 0.4) is 0 Å². The second-order valence-electron chi connectivity index (χ2n) is 3.98. The SMILES string of the molecule is ClCc1cc2nc(Cl)nc(N3CCOCC3)c2s1. The summed E-state index contributed by atoms with van der Waals surface area (Å²) in [6.45, 7) is 3.10. The first-order valence-electron chi connectivity index (χ1n) is 5.62. The maximum atomic E-state index is 5.99. The monoisotopic (exact) mass is 303 g/mol. The summed E-state index contributed by atoms with van der Waals surface area (Å²) in [4.78, 5) is 11.9. The summed E-state index contributed by atoms with van der Waals surface area (Å²) in [7, 11) is 0. The highest BCUT2D eigenvalue weighted by Gasteiger charge is 2.18. The van der Waals surface area contributed by atoms with Crippen LogP contribution in [-0.2, 0) is 10.6 Å². The first kappa shape index (κ1) is 12.4. The van der Waals surface area contributed by atoms with Crippen LogP contribution in [0.15, 0.2) is 6.07 Å². The van der Waals surface area contributed by atoms with Gasteiger partial charge < -0.3 is 9.64 Å². The van der Waals surface area contributed by atoms with E-state index in [9.17, 15) is 0 Å². The van der Waals surface area contributed by atoms with Gasteiger partial charge in [0.1, 0.15) is 0 Å². The molecule has 2 aromatic rings. The lowest BCUT2D eigenvalue weighted by molar-refractivity contribution is 0.122. The van der Waals surface area contributed by atoms with Gasteiger partial charge in [0, 0.05) is 18.0 Å². The number of halogens is 2. The van der Waals surface area contributed by atoms with Crippen molar-refractivity contribution in [1.82, 2.24) is 9.97 Å². The van der Waals surface area contributed by atoms with Crippen molar-refractivity contribution in [2.75, 3.05) is 31.2 Å². The van der Waals surface area contributed by atoms with Crippen molar-refractivity contribution in [2.45, 2.75) is 5.88 Å². The Hall–Kier alpha value is -0.620. The second-order valence-corrected chi connectivity index (χ2v) is 5.72. The van der Waals surface area contributed by atoms with Gasteiger partial charge in [-0.25, -0.2) is 4.98 Å². The number of rotatable bonds is 2. The van der Waals surface area contributed by atoms with E-state index in [0.29, 0.717) is 5.88 Å². The molecule has 0 aromatic carbocycles. The molecule has 0 N–H and O–H groups in total. The lowest BCUT2D eigenvalue weighted by Gasteiger charge is -2.28. The van der Waals surface area contributed by atoms with E-state index in [2.05, 4.69) is 14.9 Å². The molecule has 1 saturated heterocycles. The number of thiophene rings is 1. The lowest BCUT2D eigenvalue weighted by Crippen LogP contribution is -2.36. The Morgan fingerprint density at radius 1 is 1.33 bits per heavy atom. The number of alkyl halides is 1. The maximum absolute atomic E-state index is 5.99. The van der Waals surface area contributed by atoms with E-state index in [0.717, 1.165) is 47.2 Å². The molecule has 1 aliphatic heterocycles. The van der Waals surface area contributed by atoms with Gasteiger partial charge in [-0.2, -0.15) is 4.98 Å². The normalized spacial score (nSPS) is 16.4. The van der Waals surface area contributed by atoms with Gasteiger partial charge in [-0.15, -0.1) is 22.9 Å². The van der Waals surface area contributed by atoms with E-state index in [1.807, 2.05) is 6.07 Å². The summed E-state index contributed by atoms with van der Waals surface area (Å²) < 4.78 is 6.41. The minimum absolute atomic E-state index is 0.280. The van der Waals surface area contributed by atoms with Crippen molar-refractivity contribution in [3.05, 3.63) is 16.2 Å². The van der Waals surface area contributed by atoms with Gasteiger partial charge in [0.2, 0.25) is 5.28 Å². The summed E-state index contributed by atoms with van der Waals surface area (Å²) in [6, 6.07) is 1.98. The number of fused-ring (bicyclic) bond motifs is 1. The highest BCUT2D eigenvalue weighted by Crippen LogP contribution is 2.33. The van der Waals surface area contributed by atoms with Crippen LogP contribution in [0.4, 0.5) is 5.82 Å². The van der Waals surface area contributed by atoms with Crippen LogP contribution in [0.25, 0.3) is 10.2 Å². The average molecular weight is 304 g/mol. The Morgan fingerprint density at radius 2 is 2.11 bits per heavy atom. The topological polar surface area (TPSA) is 38.2 Å². The smallest absolute Gasteiger partial charge is 0.224 e. The summed E-state index contributed by atoms with van der Waals surface area (Å²) in [5.74, 6) is 1.39. The van der Waals surface area contributed by atoms with Crippen LogP contribution in [0.5, 0.6) is 0 Å². The maximum Gasteiger partial charge on any atom is 0.224 e. The molecule has 0 aliphatic carbocycles. The molecule has 18 heavy (non-hydrogen) atoms. The summed E-state index contributed by atoms with van der Waals surface area (Å²) in [6.07, 6.45) is 0. The molecule has 7 heteroatoms. The highest BCUT2D eigenvalue weighted by molar-refractivity contribution is 7.19.